The van der Waals surface area contributed by atoms with E-state index < -0.39 is 29.6 Å². The summed E-state index contributed by atoms with van der Waals surface area (Å²) >= 11 is 0. The molecule has 114 valence electrons. The van der Waals surface area contributed by atoms with Crippen LogP contribution in [0, 0.1) is 24.5 Å². The van der Waals surface area contributed by atoms with Gasteiger partial charge in [0, 0.05) is 12.6 Å². The smallest absolute Gasteiger partial charge is 0.326 e. The first-order chi connectivity index (χ1) is 9.85. The maximum Gasteiger partial charge on any atom is 0.326 e. The monoisotopic (exact) mass is 297 g/mol. The summed E-state index contributed by atoms with van der Waals surface area (Å²) in [4.78, 5) is 24.8. The van der Waals surface area contributed by atoms with Crippen molar-refractivity contribution in [1.29, 1.82) is 0 Å². The van der Waals surface area contributed by atoms with Crippen LogP contribution in [0.1, 0.15) is 35.7 Å². The predicted molar refractivity (Wildman–Crippen MR) is 72.0 cm³/mol. The van der Waals surface area contributed by atoms with Gasteiger partial charge in [0.25, 0.3) is 5.91 Å². The Balaban J connectivity index is 2.34. The van der Waals surface area contributed by atoms with Crippen LogP contribution < -0.4 is 0 Å². The van der Waals surface area contributed by atoms with E-state index in [0.717, 1.165) is 12.5 Å². The van der Waals surface area contributed by atoms with Crippen LogP contribution in [0.15, 0.2) is 12.1 Å². The molecule has 0 bridgehead atoms. The number of carboxylic acid groups (broad SMARTS) is 1. The topological polar surface area (TPSA) is 57.6 Å². The van der Waals surface area contributed by atoms with Gasteiger partial charge in [-0.1, -0.05) is 13.3 Å². The molecule has 0 saturated carbocycles. The van der Waals surface area contributed by atoms with E-state index in [1.165, 1.54) is 11.8 Å². The van der Waals surface area contributed by atoms with E-state index in [1.807, 2.05) is 6.92 Å². The Kier molecular flexibility index (Phi) is 4.25. The average molecular weight is 297 g/mol. The van der Waals surface area contributed by atoms with Crippen LogP contribution in [0.5, 0.6) is 0 Å². The van der Waals surface area contributed by atoms with E-state index in [1.54, 1.807) is 0 Å². The van der Waals surface area contributed by atoms with Crippen molar-refractivity contribution in [2.45, 2.75) is 32.7 Å². The van der Waals surface area contributed by atoms with Gasteiger partial charge in [0.1, 0.15) is 17.7 Å². The third-order valence-electron chi connectivity index (χ3n) is 3.99. The van der Waals surface area contributed by atoms with E-state index in [0.29, 0.717) is 12.5 Å². The molecule has 1 N–H and O–H groups in total. The molecule has 0 unspecified atom stereocenters. The molecule has 0 radical (unpaired) electrons. The number of aryl methyl sites for hydroxylation is 1. The highest BCUT2D eigenvalue weighted by Crippen LogP contribution is 2.28. The third kappa shape index (κ3) is 2.89. The number of likely N-dealkylation sites (tertiary alicyclic amines) is 1. The predicted octanol–water partition coefficient (Wildman–Crippen LogP) is 2.60. The van der Waals surface area contributed by atoms with E-state index in [2.05, 4.69) is 0 Å². The van der Waals surface area contributed by atoms with Gasteiger partial charge in [0.2, 0.25) is 0 Å². The fourth-order valence-electron chi connectivity index (χ4n) is 2.65. The summed E-state index contributed by atoms with van der Waals surface area (Å²) < 4.78 is 27.1. The van der Waals surface area contributed by atoms with Crippen LogP contribution in [0.3, 0.4) is 0 Å². The van der Waals surface area contributed by atoms with Gasteiger partial charge in [-0.2, -0.15) is 0 Å². The Hall–Kier alpha value is -1.98. The van der Waals surface area contributed by atoms with Crippen molar-refractivity contribution in [3.8, 4) is 0 Å². The number of hydrogen-bond acceptors (Lipinski definition) is 2. The quantitative estimate of drug-likeness (QED) is 0.933. The number of carbonyl (C=O) groups is 2. The number of hydrogen-bond donors (Lipinski definition) is 1. The lowest BCUT2D eigenvalue weighted by Gasteiger charge is -2.22. The fraction of sp³-hybridized carbons (Fsp3) is 0.467. The molecule has 0 spiro atoms. The summed E-state index contributed by atoms with van der Waals surface area (Å²) in [5, 5.41) is 9.21. The number of carbonyl (C=O) groups excluding carboxylic acids is 1. The van der Waals surface area contributed by atoms with Gasteiger partial charge in [0.15, 0.2) is 0 Å². The Labute approximate surface area is 121 Å². The van der Waals surface area contributed by atoms with Crippen LogP contribution in [0.25, 0.3) is 0 Å². The first kappa shape index (κ1) is 15.4. The number of halogens is 2. The summed E-state index contributed by atoms with van der Waals surface area (Å²) in [5.41, 5.74) is -0.130. The molecule has 21 heavy (non-hydrogen) atoms. The highest BCUT2D eigenvalue weighted by Gasteiger charge is 2.39. The SMILES string of the molecule is CC[C@@H]1C[C@H](C(=O)O)N(C(=O)c2cc(C)c(F)cc2F)C1. The molecule has 0 aromatic heterocycles. The van der Waals surface area contributed by atoms with E-state index in [9.17, 15) is 23.5 Å². The van der Waals surface area contributed by atoms with E-state index in [4.69, 9.17) is 0 Å². The van der Waals surface area contributed by atoms with Crippen LogP contribution >= 0.6 is 0 Å². The standard InChI is InChI=1S/C15H17F2NO3/c1-3-9-5-13(15(20)21)18(7-9)14(19)10-4-8(2)11(16)6-12(10)17/h4,6,9,13H,3,5,7H2,1-2H3,(H,20,21)/t9-,13-/m1/s1. The summed E-state index contributed by atoms with van der Waals surface area (Å²) in [6.45, 7) is 3.63. The lowest BCUT2D eigenvalue weighted by molar-refractivity contribution is -0.141. The summed E-state index contributed by atoms with van der Waals surface area (Å²) in [6.07, 6.45) is 1.11. The van der Waals surface area contributed by atoms with Gasteiger partial charge in [0.05, 0.1) is 5.56 Å². The highest BCUT2D eigenvalue weighted by atomic mass is 19.1. The second-order valence-corrected chi connectivity index (χ2v) is 5.40. The van der Waals surface area contributed by atoms with Gasteiger partial charge in [-0.15, -0.1) is 0 Å². The molecule has 1 aromatic rings. The molecular formula is C15H17F2NO3. The molecule has 1 aromatic carbocycles. The van der Waals surface area contributed by atoms with E-state index in [-0.39, 0.29) is 23.6 Å². The zero-order valence-corrected chi connectivity index (χ0v) is 11.9. The van der Waals surface area contributed by atoms with Crippen molar-refractivity contribution in [3.05, 3.63) is 34.9 Å². The number of carboxylic acids is 1. The summed E-state index contributed by atoms with van der Waals surface area (Å²) in [5.74, 6) is -3.41. The maximum atomic E-state index is 13.8. The molecule has 1 aliphatic heterocycles. The molecular weight excluding hydrogens is 280 g/mol. The van der Waals surface area contributed by atoms with Crippen LogP contribution in [-0.2, 0) is 4.79 Å². The fourth-order valence-corrected chi connectivity index (χ4v) is 2.65. The van der Waals surface area contributed by atoms with Crippen molar-refractivity contribution in [2.75, 3.05) is 6.54 Å². The Morgan fingerprint density at radius 3 is 2.57 bits per heavy atom. The van der Waals surface area contributed by atoms with Crippen molar-refractivity contribution in [3.63, 3.8) is 0 Å². The summed E-state index contributed by atoms with van der Waals surface area (Å²) in [7, 11) is 0. The second-order valence-electron chi connectivity index (χ2n) is 5.40. The van der Waals surface area contributed by atoms with Crippen LogP contribution in [0.2, 0.25) is 0 Å². The molecule has 1 fully saturated rings. The molecule has 4 nitrogen and oxygen atoms in total. The number of rotatable bonds is 3. The lowest BCUT2D eigenvalue weighted by atomic mass is 10.0. The van der Waals surface area contributed by atoms with Gasteiger partial charge >= 0.3 is 5.97 Å². The van der Waals surface area contributed by atoms with E-state index >= 15 is 0 Å². The maximum absolute atomic E-state index is 13.8. The zero-order valence-electron chi connectivity index (χ0n) is 11.9. The number of amides is 1. The normalized spacial score (nSPS) is 21.6. The number of nitrogens with zero attached hydrogens (tertiary/aromatic N) is 1. The average Bonchev–Trinajstić information content (AvgIpc) is 2.86. The number of aliphatic carboxylic acids is 1. The van der Waals surface area contributed by atoms with Crippen molar-refractivity contribution in [1.82, 2.24) is 4.90 Å². The largest absolute Gasteiger partial charge is 0.480 e. The van der Waals surface area contributed by atoms with Crippen LogP contribution in [0.4, 0.5) is 8.78 Å². The minimum Gasteiger partial charge on any atom is -0.480 e. The van der Waals surface area contributed by atoms with Gasteiger partial charge < -0.3 is 10.0 Å². The van der Waals surface area contributed by atoms with Crippen molar-refractivity contribution in [2.24, 2.45) is 5.92 Å². The minimum atomic E-state index is -1.10. The zero-order chi connectivity index (χ0) is 15.7. The molecule has 1 aliphatic rings. The molecule has 1 amide bonds. The third-order valence-corrected chi connectivity index (χ3v) is 3.99. The molecule has 2 rings (SSSR count). The molecule has 6 heteroatoms. The van der Waals surface area contributed by atoms with Crippen molar-refractivity contribution < 1.29 is 23.5 Å². The minimum absolute atomic E-state index is 0.0830. The summed E-state index contributed by atoms with van der Waals surface area (Å²) in [6, 6.07) is 0.837. The Bertz CT molecular complexity index is 589. The van der Waals surface area contributed by atoms with Gasteiger partial charge in [-0.3, -0.25) is 4.79 Å². The Morgan fingerprint density at radius 2 is 2.00 bits per heavy atom. The molecule has 1 heterocycles. The van der Waals surface area contributed by atoms with Gasteiger partial charge in [-0.25, -0.2) is 13.6 Å². The Morgan fingerprint density at radius 1 is 1.33 bits per heavy atom. The van der Waals surface area contributed by atoms with Gasteiger partial charge in [-0.05, 0) is 30.9 Å². The van der Waals surface area contributed by atoms with Crippen LogP contribution in [-0.4, -0.2) is 34.5 Å². The highest BCUT2D eigenvalue weighted by molar-refractivity contribution is 5.97. The first-order valence-electron chi connectivity index (χ1n) is 6.84. The second kappa shape index (κ2) is 5.79. The molecule has 2 atom stereocenters. The lowest BCUT2D eigenvalue weighted by Crippen LogP contribution is -2.40. The molecule has 1 saturated heterocycles. The first-order valence-corrected chi connectivity index (χ1v) is 6.84. The number of benzene rings is 1. The molecule has 0 aliphatic carbocycles. The van der Waals surface area contributed by atoms with Crippen molar-refractivity contribution >= 4 is 11.9 Å².